The van der Waals surface area contributed by atoms with E-state index in [2.05, 4.69) is 10.3 Å². The number of carbonyl (C=O) groups is 1. The predicted molar refractivity (Wildman–Crippen MR) is 119 cm³/mol. The number of rotatable bonds is 6. The summed E-state index contributed by atoms with van der Waals surface area (Å²) in [5.41, 5.74) is 0.665. The third-order valence-corrected chi connectivity index (χ3v) is 5.86. The number of thioether (sulfide) groups is 1. The Bertz CT molecular complexity index is 1290. The van der Waals surface area contributed by atoms with E-state index in [1.807, 2.05) is 0 Å². The van der Waals surface area contributed by atoms with Crippen molar-refractivity contribution in [2.24, 2.45) is 0 Å². The molecule has 158 valence electrons. The molecule has 1 N–H and O–H groups in total. The molecular weight excluding hydrogens is 441 g/mol. The number of carbonyl (C=O) groups excluding carboxylic acids is 1. The van der Waals surface area contributed by atoms with E-state index in [-0.39, 0.29) is 23.8 Å². The first kappa shape index (κ1) is 21.1. The van der Waals surface area contributed by atoms with Crippen molar-refractivity contribution in [1.29, 1.82) is 0 Å². The van der Waals surface area contributed by atoms with E-state index in [4.69, 9.17) is 16.0 Å². The average molecular weight is 458 g/mol. The summed E-state index contributed by atoms with van der Waals surface area (Å²) in [6.45, 7) is 1.88. The second-order valence-electron chi connectivity index (χ2n) is 6.78. The van der Waals surface area contributed by atoms with Gasteiger partial charge in [-0.15, -0.1) is 0 Å². The fourth-order valence-corrected chi connectivity index (χ4v) is 4.02. The van der Waals surface area contributed by atoms with Crippen molar-refractivity contribution in [3.63, 3.8) is 0 Å². The first-order valence-electron chi connectivity index (χ1n) is 9.36. The zero-order chi connectivity index (χ0) is 22.0. The Labute approximate surface area is 186 Å². The van der Waals surface area contributed by atoms with Gasteiger partial charge in [0, 0.05) is 10.7 Å². The molecule has 1 unspecified atom stereocenters. The van der Waals surface area contributed by atoms with Crippen molar-refractivity contribution in [3.05, 3.63) is 87.8 Å². The van der Waals surface area contributed by atoms with E-state index in [1.54, 1.807) is 37.3 Å². The van der Waals surface area contributed by atoms with Crippen molar-refractivity contribution < 1.29 is 13.6 Å². The second kappa shape index (κ2) is 8.95. The Morgan fingerprint density at radius 2 is 2.03 bits per heavy atom. The molecule has 4 aromatic rings. The smallest absolute Gasteiger partial charge is 0.262 e. The fraction of sp³-hybridized carbons (Fsp3) is 0.136. The number of hydrogen-bond donors (Lipinski definition) is 1. The van der Waals surface area contributed by atoms with Crippen LogP contribution in [0.5, 0.6) is 0 Å². The zero-order valence-electron chi connectivity index (χ0n) is 16.3. The molecule has 0 saturated carbocycles. The highest BCUT2D eigenvalue weighted by Crippen LogP contribution is 2.25. The quantitative estimate of drug-likeness (QED) is 0.327. The Kier molecular flexibility index (Phi) is 6.11. The minimum Gasteiger partial charge on any atom is -0.467 e. The normalized spacial score (nSPS) is 12.1. The van der Waals surface area contributed by atoms with Gasteiger partial charge in [-0.1, -0.05) is 23.4 Å². The van der Waals surface area contributed by atoms with Gasteiger partial charge in [-0.2, -0.15) is 0 Å². The highest BCUT2D eigenvalue weighted by atomic mass is 35.5. The molecule has 6 nitrogen and oxygen atoms in total. The minimum absolute atomic E-state index is 0.173. The third-order valence-electron chi connectivity index (χ3n) is 4.54. The van der Waals surface area contributed by atoms with Crippen LogP contribution in [0.3, 0.4) is 0 Å². The molecule has 0 spiro atoms. The number of anilines is 1. The van der Waals surface area contributed by atoms with E-state index in [0.717, 1.165) is 11.8 Å². The van der Waals surface area contributed by atoms with Crippen molar-refractivity contribution in [1.82, 2.24) is 9.55 Å². The molecule has 31 heavy (non-hydrogen) atoms. The average Bonchev–Trinajstić information content (AvgIpc) is 3.25. The SMILES string of the molecule is CC(Sc1nc2cc(Cl)ccc2c(=O)n1Cc1ccco1)C(=O)Nc1ccc(F)cc1. The molecule has 0 aliphatic carbocycles. The lowest BCUT2D eigenvalue weighted by Crippen LogP contribution is -2.27. The van der Waals surface area contributed by atoms with Crippen molar-refractivity contribution in [2.75, 3.05) is 5.32 Å². The van der Waals surface area contributed by atoms with Crippen LogP contribution in [0.15, 0.2) is 75.2 Å². The van der Waals surface area contributed by atoms with Gasteiger partial charge in [-0.05, 0) is 61.5 Å². The van der Waals surface area contributed by atoms with E-state index in [9.17, 15) is 14.0 Å². The van der Waals surface area contributed by atoms with E-state index < -0.39 is 5.25 Å². The number of hydrogen-bond acceptors (Lipinski definition) is 5. The molecule has 4 rings (SSSR count). The summed E-state index contributed by atoms with van der Waals surface area (Å²) < 4.78 is 20.0. The van der Waals surface area contributed by atoms with Crippen LogP contribution < -0.4 is 10.9 Å². The van der Waals surface area contributed by atoms with Gasteiger partial charge in [0.05, 0.1) is 29.0 Å². The minimum atomic E-state index is -0.587. The van der Waals surface area contributed by atoms with Gasteiger partial charge in [-0.3, -0.25) is 14.2 Å². The standard InChI is InChI=1S/C22H17ClFN3O3S/c1-13(20(28)25-16-7-5-15(24)6-8-16)31-22-26-19-11-14(23)4-9-18(19)21(29)27(22)12-17-3-2-10-30-17/h2-11,13H,12H2,1H3,(H,25,28). The number of halogens is 2. The molecule has 0 saturated heterocycles. The molecular formula is C22H17ClFN3O3S. The summed E-state index contributed by atoms with van der Waals surface area (Å²) in [7, 11) is 0. The molecule has 0 radical (unpaired) electrons. The van der Waals surface area contributed by atoms with Crippen LogP contribution in [-0.2, 0) is 11.3 Å². The van der Waals surface area contributed by atoms with E-state index >= 15 is 0 Å². The van der Waals surface area contributed by atoms with Crippen LogP contribution in [-0.4, -0.2) is 20.7 Å². The molecule has 1 atom stereocenters. The Morgan fingerprint density at radius 3 is 2.74 bits per heavy atom. The maximum absolute atomic E-state index is 13.1. The molecule has 2 heterocycles. The highest BCUT2D eigenvalue weighted by molar-refractivity contribution is 8.00. The summed E-state index contributed by atoms with van der Waals surface area (Å²) in [5, 5.41) is 3.39. The summed E-state index contributed by atoms with van der Waals surface area (Å²) in [4.78, 5) is 30.4. The highest BCUT2D eigenvalue weighted by Gasteiger charge is 2.20. The van der Waals surface area contributed by atoms with Gasteiger partial charge >= 0.3 is 0 Å². The second-order valence-corrected chi connectivity index (χ2v) is 8.53. The maximum Gasteiger partial charge on any atom is 0.262 e. The van der Waals surface area contributed by atoms with Gasteiger partial charge in [0.2, 0.25) is 5.91 Å². The van der Waals surface area contributed by atoms with Crippen LogP contribution in [0.1, 0.15) is 12.7 Å². The molecule has 0 fully saturated rings. The molecule has 9 heteroatoms. The number of nitrogens with one attached hydrogen (secondary N) is 1. The van der Waals surface area contributed by atoms with E-state index in [1.165, 1.54) is 35.1 Å². The predicted octanol–water partition coefficient (Wildman–Crippen LogP) is 4.95. The molecule has 0 aliphatic heterocycles. The number of nitrogens with zero attached hydrogens (tertiary/aromatic N) is 2. The molecule has 2 aromatic heterocycles. The van der Waals surface area contributed by atoms with Crippen LogP contribution in [0, 0.1) is 5.82 Å². The Morgan fingerprint density at radius 1 is 1.26 bits per heavy atom. The first-order chi connectivity index (χ1) is 14.9. The number of benzene rings is 2. The van der Waals surface area contributed by atoms with Gasteiger partial charge < -0.3 is 9.73 Å². The van der Waals surface area contributed by atoms with Gasteiger partial charge in [0.15, 0.2) is 5.16 Å². The molecule has 0 bridgehead atoms. The van der Waals surface area contributed by atoms with Gasteiger partial charge in [0.1, 0.15) is 11.6 Å². The van der Waals surface area contributed by atoms with Crippen molar-refractivity contribution in [2.45, 2.75) is 23.9 Å². The number of fused-ring (bicyclic) bond motifs is 1. The van der Waals surface area contributed by atoms with Crippen LogP contribution in [0.25, 0.3) is 10.9 Å². The fourth-order valence-electron chi connectivity index (χ4n) is 2.95. The zero-order valence-corrected chi connectivity index (χ0v) is 17.9. The monoisotopic (exact) mass is 457 g/mol. The lowest BCUT2D eigenvalue weighted by atomic mass is 10.2. The van der Waals surface area contributed by atoms with Crippen LogP contribution >= 0.6 is 23.4 Å². The van der Waals surface area contributed by atoms with Gasteiger partial charge in [0.25, 0.3) is 5.56 Å². The number of furan rings is 1. The van der Waals surface area contributed by atoms with E-state index in [0.29, 0.717) is 32.5 Å². The summed E-state index contributed by atoms with van der Waals surface area (Å²) in [6, 6.07) is 13.9. The maximum atomic E-state index is 13.1. The molecule has 1 amide bonds. The number of aromatic nitrogens is 2. The van der Waals surface area contributed by atoms with Crippen LogP contribution in [0.2, 0.25) is 5.02 Å². The van der Waals surface area contributed by atoms with Crippen molar-refractivity contribution >= 4 is 45.9 Å². The van der Waals surface area contributed by atoms with Gasteiger partial charge in [-0.25, -0.2) is 9.37 Å². The topological polar surface area (TPSA) is 77.1 Å². The Hall–Kier alpha value is -3.10. The molecule has 2 aromatic carbocycles. The summed E-state index contributed by atoms with van der Waals surface area (Å²) >= 11 is 7.21. The Balaban J connectivity index is 1.66. The van der Waals surface area contributed by atoms with Crippen LogP contribution in [0.4, 0.5) is 10.1 Å². The first-order valence-corrected chi connectivity index (χ1v) is 10.6. The summed E-state index contributed by atoms with van der Waals surface area (Å²) in [5.74, 6) is -0.106. The van der Waals surface area contributed by atoms with Crippen molar-refractivity contribution in [3.8, 4) is 0 Å². The summed E-state index contributed by atoms with van der Waals surface area (Å²) in [6.07, 6.45) is 1.53. The lowest BCUT2D eigenvalue weighted by Gasteiger charge is -2.16. The number of amides is 1. The third kappa shape index (κ3) is 4.81. The lowest BCUT2D eigenvalue weighted by molar-refractivity contribution is -0.115. The molecule has 0 aliphatic rings. The largest absolute Gasteiger partial charge is 0.467 e.